The van der Waals surface area contributed by atoms with E-state index in [-0.39, 0.29) is 23.8 Å². The van der Waals surface area contributed by atoms with Crippen molar-refractivity contribution in [3.05, 3.63) is 35.4 Å². The van der Waals surface area contributed by atoms with Crippen LogP contribution in [0.2, 0.25) is 0 Å². The van der Waals surface area contributed by atoms with Gasteiger partial charge < -0.3 is 14.2 Å². The summed E-state index contributed by atoms with van der Waals surface area (Å²) in [6, 6.07) is 6.56. The summed E-state index contributed by atoms with van der Waals surface area (Å²) in [7, 11) is 0. The van der Waals surface area contributed by atoms with Gasteiger partial charge in [-0.1, -0.05) is 25.5 Å². The quantitative estimate of drug-likeness (QED) is 0.572. The van der Waals surface area contributed by atoms with Crippen LogP contribution >= 0.6 is 0 Å². The molecule has 0 aliphatic carbocycles. The average Bonchev–Trinajstić information content (AvgIpc) is 3.06. The number of rotatable bonds is 7. The summed E-state index contributed by atoms with van der Waals surface area (Å²) < 4.78 is 15.8. The number of esters is 2. The fourth-order valence-corrected chi connectivity index (χ4v) is 2.25. The highest BCUT2D eigenvalue weighted by Crippen LogP contribution is 2.15. The number of benzene rings is 1. The van der Waals surface area contributed by atoms with Crippen molar-refractivity contribution < 1.29 is 23.8 Å². The van der Waals surface area contributed by atoms with E-state index in [1.54, 1.807) is 24.3 Å². The first-order valence-corrected chi connectivity index (χ1v) is 7.77. The predicted molar refractivity (Wildman–Crippen MR) is 80.9 cm³/mol. The molecule has 22 heavy (non-hydrogen) atoms. The zero-order valence-electron chi connectivity index (χ0n) is 12.9. The number of unbranched alkanes of at least 4 members (excludes halogenated alkanes) is 1. The molecule has 1 unspecified atom stereocenters. The van der Waals surface area contributed by atoms with E-state index in [1.165, 1.54) is 0 Å². The number of hydrogen-bond donors (Lipinski definition) is 0. The zero-order valence-corrected chi connectivity index (χ0v) is 12.9. The van der Waals surface area contributed by atoms with Crippen molar-refractivity contribution in [3.63, 3.8) is 0 Å². The maximum Gasteiger partial charge on any atom is 0.339 e. The molecular formula is C17H22O5. The molecule has 0 spiro atoms. The van der Waals surface area contributed by atoms with Crippen LogP contribution in [0.5, 0.6) is 0 Å². The monoisotopic (exact) mass is 306 g/mol. The second-order valence-corrected chi connectivity index (χ2v) is 5.27. The summed E-state index contributed by atoms with van der Waals surface area (Å²) in [4.78, 5) is 24.2. The van der Waals surface area contributed by atoms with E-state index >= 15 is 0 Å². The Kier molecular flexibility index (Phi) is 6.40. The fourth-order valence-electron chi connectivity index (χ4n) is 2.25. The summed E-state index contributed by atoms with van der Waals surface area (Å²) in [5.41, 5.74) is 0.484. The summed E-state index contributed by atoms with van der Waals surface area (Å²) >= 11 is 0. The third kappa shape index (κ3) is 4.56. The second-order valence-electron chi connectivity index (χ2n) is 5.27. The van der Waals surface area contributed by atoms with Crippen LogP contribution in [-0.2, 0) is 14.2 Å². The molecule has 2 rings (SSSR count). The molecule has 0 bridgehead atoms. The zero-order chi connectivity index (χ0) is 15.8. The number of ether oxygens (including phenoxy) is 3. The average molecular weight is 306 g/mol. The molecule has 1 fully saturated rings. The van der Waals surface area contributed by atoms with E-state index in [4.69, 9.17) is 14.2 Å². The molecule has 1 aliphatic heterocycles. The molecule has 1 atom stereocenters. The van der Waals surface area contributed by atoms with E-state index in [9.17, 15) is 9.59 Å². The van der Waals surface area contributed by atoms with Crippen LogP contribution in [0.1, 0.15) is 53.3 Å². The van der Waals surface area contributed by atoms with Crippen molar-refractivity contribution in [1.29, 1.82) is 0 Å². The Morgan fingerprint density at radius 1 is 1.18 bits per heavy atom. The molecular weight excluding hydrogens is 284 g/mol. The van der Waals surface area contributed by atoms with E-state index in [0.717, 1.165) is 25.7 Å². The van der Waals surface area contributed by atoms with E-state index in [2.05, 4.69) is 0 Å². The molecule has 5 heteroatoms. The van der Waals surface area contributed by atoms with Crippen LogP contribution < -0.4 is 0 Å². The molecule has 120 valence electrons. The van der Waals surface area contributed by atoms with Gasteiger partial charge in [-0.3, -0.25) is 0 Å². The standard InChI is InChI=1S/C17H22O5/c1-2-3-10-21-16(18)14-8-4-5-9-15(14)17(19)22-12-13-7-6-11-20-13/h4-5,8-9,13H,2-3,6-7,10-12H2,1H3. The largest absolute Gasteiger partial charge is 0.462 e. The van der Waals surface area contributed by atoms with E-state index < -0.39 is 11.9 Å². The lowest BCUT2D eigenvalue weighted by atomic mass is 10.1. The van der Waals surface area contributed by atoms with Gasteiger partial charge >= 0.3 is 11.9 Å². The summed E-state index contributed by atoms with van der Waals surface area (Å²) in [6.45, 7) is 3.31. The molecule has 1 aromatic rings. The Balaban J connectivity index is 1.96. The molecule has 0 amide bonds. The number of hydrogen-bond acceptors (Lipinski definition) is 5. The molecule has 5 nitrogen and oxygen atoms in total. The van der Waals surface area contributed by atoms with Crippen molar-refractivity contribution >= 4 is 11.9 Å². The summed E-state index contributed by atoms with van der Waals surface area (Å²) in [6.07, 6.45) is 3.60. The smallest absolute Gasteiger partial charge is 0.339 e. The molecule has 1 saturated heterocycles. The SMILES string of the molecule is CCCCOC(=O)c1ccccc1C(=O)OCC1CCCO1. The Bertz CT molecular complexity index is 506. The molecule has 1 aliphatic rings. The van der Waals surface area contributed by atoms with Gasteiger partial charge in [0.15, 0.2) is 0 Å². The van der Waals surface area contributed by atoms with Crippen molar-refractivity contribution in [2.75, 3.05) is 19.8 Å². The minimum atomic E-state index is -0.515. The Morgan fingerprint density at radius 2 is 1.86 bits per heavy atom. The minimum Gasteiger partial charge on any atom is -0.462 e. The van der Waals surface area contributed by atoms with Crippen molar-refractivity contribution in [2.45, 2.75) is 38.7 Å². The van der Waals surface area contributed by atoms with Crippen LogP contribution in [0.4, 0.5) is 0 Å². The van der Waals surface area contributed by atoms with Gasteiger partial charge in [0.25, 0.3) is 0 Å². The van der Waals surface area contributed by atoms with E-state index in [0.29, 0.717) is 13.2 Å². The van der Waals surface area contributed by atoms with Gasteiger partial charge in [-0.25, -0.2) is 9.59 Å². The third-order valence-corrected chi connectivity index (χ3v) is 3.52. The highest BCUT2D eigenvalue weighted by Gasteiger charge is 2.22. The van der Waals surface area contributed by atoms with Crippen molar-refractivity contribution in [2.24, 2.45) is 0 Å². The van der Waals surface area contributed by atoms with Crippen LogP contribution in [0.25, 0.3) is 0 Å². The Labute approximate surface area is 130 Å². The van der Waals surface area contributed by atoms with Crippen molar-refractivity contribution in [3.8, 4) is 0 Å². The first-order chi connectivity index (χ1) is 10.7. The number of carbonyl (C=O) groups is 2. The lowest BCUT2D eigenvalue weighted by molar-refractivity contribution is 0.0157. The molecule has 0 aromatic heterocycles. The first-order valence-electron chi connectivity index (χ1n) is 7.77. The summed E-state index contributed by atoms with van der Waals surface area (Å²) in [5.74, 6) is -1.00. The topological polar surface area (TPSA) is 61.8 Å². The summed E-state index contributed by atoms with van der Waals surface area (Å²) in [5, 5.41) is 0. The highest BCUT2D eigenvalue weighted by molar-refractivity contribution is 6.03. The molecule has 1 heterocycles. The predicted octanol–water partition coefficient (Wildman–Crippen LogP) is 2.98. The lowest BCUT2D eigenvalue weighted by Crippen LogP contribution is -2.20. The highest BCUT2D eigenvalue weighted by atomic mass is 16.6. The Morgan fingerprint density at radius 3 is 2.45 bits per heavy atom. The van der Waals surface area contributed by atoms with Crippen LogP contribution in [0.15, 0.2) is 24.3 Å². The van der Waals surface area contributed by atoms with Gasteiger partial charge in [0.2, 0.25) is 0 Å². The van der Waals surface area contributed by atoms with E-state index in [1.807, 2.05) is 6.92 Å². The fraction of sp³-hybridized carbons (Fsp3) is 0.529. The maximum absolute atomic E-state index is 12.2. The van der Waals surface area contributed by atoms with Gasteiger partial charge in [0.05, 0.1) is 23.8 Å². The number of carbonyl (C=O) groups excluding carboxylic acids is 2. The third-order valence-electron chi connectivity index (χ3n) is 3.52. The normalized spacial score (nSPS) is 17.2. The van der Waals surface area contributed by atoms with Gasteiger partial charge in [0, 0.05) is 6.61 Å². The maximum atomic E-state index is 12.2. The van der Waals surface area contributed by atoms with Crippen LogP contribution in [0.3, 0.4) is 0 Å². The minimum absolute atomic E-state index is 0.0346. The van der Waals surface area contributed by atoms with Gasteiger partial charge in [-0.05, 0) is 31.4 Å². The second kappa shape index (κ2) is 8.54. The first kappa shape index (κ1) is 16.5. The van der Waals surface area contributed by atoms with Crippen LogP contribution in [-0.4, -0.2) is 37.9 Å². The van der Waals surface area contributed by atoms with Gasteiger partial charge in [-0.15, -0.1) is 0 Å². The molecule has 0 saturated carbocycles. The molecule has 0 radical (unpaired) electrons. The van der Waals surface area contributed by atoms with Crippen molar-refractivity contribution in [1.82, 2.24) is 0 Å². The van der Waals surface area contributed by atoms with Gasteiger partial charge in [0.1, 0.15) is 6.61 Å². The lowest BCUT2D eigenvalue weighted by Gasteiger charge is -2.12. The Hall–Kier alpha value is -1.88. The molecule has 0 N–H and O–H groups in total. The van der Waals surface area contributed by atoms with Gasteiger partial charge in [-0.2, -0.15) is 0 Å². The molecule has 1 aromatic carbocycles. The van der Waals surface area contributed by atoms with Crippen LogP contribution in [0, 0.1) is 0 Å².